The summed E-state index contributed by atoms with van der Waals surface area (Å²) in [5.74, 6) is -0.345. The Balaban J connectivity index is 1.56. The van der Waals surface area contributed by atoms with Gasteiger partial charge in [-0.05, 0) is 30.3 Å². The van der Waals surface area contributed by atoms with Crippen LogP contribution in [0.25, 0.3) is 0 Å². The van der Waals surface area contributed by atoms with Crippen molar-refractivity contribution < 1.29 is 13.9 Å². The minimum absolute atomic E-state index is 0.0327. The molecule has 0 aliphatic heterocycles. The van der Waals surface area contributed by atoms with Crippen LogP contribution in [0, 0.1) is 5.82 Å². The predicted molar refractivity (Wildman–Crippen MR) is 99.7 cm³/mol. The third kappa shape index (κ3) is 4.81. The standard InChI is InChI=1S/C16H11Cl2FN4O2S/c17-9-5-6-12(10(18)7-9)20-15(24)21-16-23-22-14(26-16)8-25-13-4-2-1-3-11(13)19/h1-7H,8H2,(H2,20,21,23,24). The SMILES string of the molecule is O=C(Nc1nnc(COc2ccccc2F)s1)Nc1ccc(Cl)cc1Cl. The van der Waals surface area contributed by atoms with Gasteiger partial charge < -0.3 is 10.1 Å². The van der Waals surface area contributed by atoms with E-state index in [1.807, 2.05) is 0 Å². The number of nitrogens with one attached hydrogen (secondary N) is 2. The first-order valence-electron chi connectivity index (χ1n) is 7.24. The van der Waals surface area contributed by atoms with E-state index in [0.717, 1.165) is 11.3 Å². The second-order valence-electron chi connectivity index (χ2n) is 4.92. The molecule has 0 radical (unpaired) electrons. The number of anilines is 2. The van der Waals surface area contributed by atoms with Crippen molar-refractivity contribution >= 4 is 51.4 Å². The topological polar surface area (TPSA) is 76.1 Å². The van der Waals surface area contributed by atoms with Gasteiger partial charge >= 0.3 is 6.03 Å². The number of carbonyl (C=O) groups excluding carboxylic acids is 1. The zero-order valence-corrected chi connectivity index (χ0v) is 15.3. The first kappa shape index (κ1) is 18.4. The number of nitrogens with zero attached hydrogens (tertiary/aromatic N) is 2. The molecule has 6 nitrogen and oxygen atoms in total. The lowest BCUT2D eigenvalue weighted by Gasteiger charge is -2.07. The molecule has 0 atom stereocenters. The Morgan fingerprint density at radius 3 is 2.73 bits per heavy atom. The fourth-order valence-electron chi connectivity index (χ4n) is 1.91. The van der Waals surface area contributed by atoms with Crippen molar-refractivity contribution in [1.29, 1.82) is 0 Å². The quantitative estimate of drug-likeness (QED) is 0.602. The molecule has 0 bridgehead atoms. The van der Waals surface area contributed by atoms with E-state index in [0.29, 0.717) is 20.7 Å². The van der Waals surface area contributed by atoms with E-state index in [1.165, 1.54) is 18.2 Å². The average Bonchev–Trinajstić information content (AvgIpc) is 3.04. The number of carbonyl (C=O) groups is 1. The predicted octanol–water partition coefficient (Wildman–Crippen LogP) is 5.21. The summed E-state index contributed by atoms with van der Waals surface area (Å²) >= 11 is 12.9. The largest absolute Gasteiger partial charge is 0.483 e. The van der Waals surface area contributed by atoms with Gasteiger partial charge in [-0.3, -0.25) is 5.32 Å². The molecule has 3 aromatic rings. The third-order valence-corrected chi connectivity index (χ3v) is 4.41. The van der Waals surface area contributed by atoms with Gasteiger partial charge in [-0.25, -0.2) is 9.18 Å². The number of hydrogen-bond donors (Lipinski definition) is 2. The molecule has 0 fully saturated rings. The van der Waals surface area contributed by atoms with Crippen LogP contribution in [0.1, 0.15) is 5.01 Å². The Morgan fingerprint density at radius 2 is 1.96 bits per heavy atom. The van der Waals surface area contributed by atoms with Crippen LogP contribution in [0.2, 0.25) is 10.0 Å². The van der Waals surface area contributed by atoms with Crippen LogP contribution in [0.3, 0.4) is 0 Å². The van der Waals surface area contributed by atoms with E-state index < -0.39 is 11.8 Å². The number of benzene rings is 2. The van der Waals surface area contributed by atoms with E-state index in [-0.39, 0.29) is 17.5 Å². The molecule has 0 unspecified atom stereocenters. The van der Waals surface area contributed by atoms with Crippen LogP contribution in [0.4, 0.5) is 20.0 Å². The van der Waals surface area contributed by atoms with Crippen molar-refractivity contribution in [2.45, 2.75) is 6.61 Å². The summed E-state index contributed by atoms with van der Waals surface area (Å²) < 4.78 is 18.8. The maximum atomic E-state index is 13.5. The lowest BCUT2D eigenvalue weighted by molar-refractivity contribution is 0.262. The molecule has 0 spiro atoms. The molecule has 0 aliphatic carbocycles. The molecule has 134 valence electrons. The van der Waals surface area contributed by atoms with Gasteiger partial charge in [-0.2, -0.15) is 0 Å². The fraction of sp³-hybridized carbons (Fsp3) is 0.0625. The highest BCUT2D eigenvalue weighted by molar-refractivity contribution is 7.15. The molecule has 2 amide bonds. The summed E-state index contributed by atoms with van der Waals surface area (Å²) in [6.07, 6.45) is 0. The monoisotopic (exact) mass is 412 g/mol. The number of para-hydroxylation sites is 1. The lowest BCUT2D eigenvalue weighted by Crippen LogP contribution is -2.19. The molecule has 2 N–H and O–H groups in total. The summed E-state index contributed by atoms with van der Waals surface area (Å²) in [5.41, 5.74) is 0.404. The summed E-state index contributed by atoms with van der Waals surface area (Å²) in [7, 11) is 0. The van der Waals surface area contributed by atoms with Crippen molar-refractivity contribution in [2.75, 3.05) is 10.6 Å². The number of aromatic nitrogens is 2. The highest BCUT2D eigenvalue weighted by atomic mass is 35.5. The van der Waals surface area contributed by atoms with Crippen molar-refractivity contribution in [3.63, 3.8) is 0 Å². The van der Waals surface area contributed by atoms with Gasteiger partial charge in [0, 0.05) is 5.02 Å². The van der Waals surface area contributed by atoms with Crippen LogP contribution < -0.4 is 15.4 Å². The van der Waals surface area contributed by atoms with E-state index >= 15 is 0 Å². The van der Waals surface area contributed by atoms with Crippen molar-refractivity contribution in [3.8, 4) is 5.75 Å². The summed E-state index contributed by atoms with van der Waals surface area (Å²) in [6.45, 7) is 0.0327. The van der Waals surface area contributed by atoms with Crippen LogP contribution in [-0.2, 0) is 6.61 Å². The van der Waals surface area contributed by atoms with Gasteiger partial charge in [0.25, 0.3) is 0 Å². The van der Waals surface area contributed by atoms with Crippen LogP contribution in [0.5, 0.6) is 5.75 Å². The number of urea groups is 1. The highest BCUT2D eigenvalue weighted by Gasteiger charge is 2.11. The summed E-state index contributed by atoms with van der Waals surface area (Å²) in [5, 5.41) is 14.4. The van der Waals surface area contributed by atoms with Gasteiger partial charge in [-0.15, -0.1) is 10.2 Å². The maximum absolute atomic E-state index is 13.5. The zero-order valence-electron chi connectivity index (χ0n) is 13.0. The summed E-state index contributed by atoms with van der Waals surface area (Å²) in [6, 6.07) is 10.2. The zero-order chi connectivity index (χ0) is 18.5. The summed E-state index contributed by atoms with van der Waals surface area (Å²) in [4.78, 5) is 12.0. The third-order valence-electron chi connectivity index (χ3n) is 3.05. The second-order valence-corrected chi connectivity index (χ2v) is 6.83. The minimum atomic E-state index is -0.535. The van der Waals surface area contributed by atoms with Crippen molar-refractivity contribution in [2.24, 2.45) is 0 Å². The highest BCUT2D eigenvalue weighted by Crippen LogP contribution is 2.26. The minimum Gasteiger partial charge on any atom is -0.483 e. The molecular weight excluding hydrogens is 402 g/mol. The normalized spacial score (nSPS) is 10.4. The Labute approximate surface area is 161 Å². The van der Waals surface area contributed by atoms with Crippen molar-refractivity contribution in [3.05, 3.63) is 63.3 Å². The van der Waals surface area contributed by atoms with E-state index in [4.69, 9.17) is 27.9 Å². The average molecular weight is 413 g/mol. The maximum Gasteiger partial charge on any atom is 0.325 e. The number of amides is 2. The van der Waals surface area contributed by atoms with Gasteiger partial charge in [-0.1, -0.05) is 46.7 Å². The smallest absolute Gasteiger partial charge is 0.325 e. The molecule has 1 aromatic heterocycles. The van der Waals surface area contributed by atoms with Crippen LogP contribution in [-0.4, -0.2) is 16.2 Å². The first-order chi connectivity index (χ1) is 12.5. The van der Waals surface area contributed by atoms with Crippen molar-refractivity contribution in [1.82, 2.24) is 10.2 Å². The molecular formula is C16H11Cl2FN4O2S. The van der Waals surface area contributed by atoms with Crippen LogP contribution >= 0.6 is 34.5 Å². The van der Waals surface area contributed by atoms with E-state index in [2.05, 4.69) is 20.8 Å². The van der Waals surface area contributed by atoms with Gasteiger partial charge in [0.05, 0.1) is 10.7 Å². The van der Waals surface area contributed by atoms with Gasteiger partial charge in [0.15, 0.2) is 16.6 Å². The molecule has 0 saturated heterocycles. The number of hydrogen-bond acceptors (Lipinski definition) is 5. The number of rotatable bonds is 5. The Kier molecular flexibility index (Phi) is 5.87. The van der Waals surface area contributed by atoms with Crippen LogP contribution in [0.15, 0.2) is 42.5 Å². The van der Waals surface area contributed by atoms with Gasteiger partial charge in [0.2, 0.25) is 5.13 Å². The fourth-order valence-corrected chi connectivity index (χ4v) is 3.01. The molecule has 0 aliphatic rings. The molecule has 10 heteroatoms. The first-order valence-corrected chi connectivity index (χ1v) is 8.81. The molecule has 26 heavy (non-hydrogen) atoms. The molecule has 2 aromatic carbocycles. The lowest BCUT2D eigenvalue weighted by atomic mass is 10.3. The molecule has 3 rings (SSSR count). The van der Waals surface area contributed by atoms with E-state index in [9.17, 15) is 9.18 Å². The molecule has 0 saturated carbocycles. The Bertz CT molecular complexity index is 938. The Hall–Kier alpha value is -2.42. The van der Waals surface area contributed by atoms with Gasteiger partial charge in [0.1, 0.15) is 6.61 Å². The Morgan fingerprint density at radius 1 is 1.15 bits per heavy atom. The second kappa shape index (κ2) is 8.31. The number of halogens is 3. The molecule has 1 heterocycles. The van der Waals surface area contributed by atoms with E-state index in [1.54, 1.807) is 24.3 Å². The number of ether oxygens (including phenoxy) is 1.